The molecule has 6 nitrogen and oxygen atoms in total. The molecule has 0 rings (SSSR count). The summed E-state index contributed by atoms with van der Waals surface area (Å²) in [5.41, 5.74) is 7.21. The van der Waals surface area contributed by atoms with Gasteiger partial charge in [0.25, 0.3) is 0 Å². The Morgan fingerprint density at radius 3 is 2.71 bits per heavy atom. The molecule has 5 N–H and O–H groups in total. The molecule has 0 amide bonds. The van der Waals surface area contributed by atoms with Crippen molar-refractivity contribution in [2.45, 2.75) is 32.2 Å². The molecule has 1 atom stereocenters. The Hall–Kier alpha value is -1.14. The van der Waals surface area contributed by atoms with E-state index in [-0.39, 0.29) is 0 Å². The Balaban J connectivity index is 3.43. The Labute approximate surface area is 82.8 Å². The number of hydroxylamine groups is 1. The fourth-order valence-electron chi connectivity index (χ4n) is 0.882. The van der Waals surface area contributed by atoms with Gasteiger partial charge < -0.3 is 10.8 Å². The molecule has 0 aromatic rings. The molecule has 0 aromatic carbocycles. The summed E-state index contributed by atoms with van der Waals surface area (Å²) in [6.07, 6.45) is 1.94. The minimum absolute atomic E-state index is 0.451. The van der Waals surface area contributed by atoms with E-state index in [2.05, 4.69) is 4.99 Å². The Morgan fingerprint density at radius 1 is 1.57 bits per heavy atom. The van der Waals surface area contributed by atoms with Crippen molar-refractivity contribution in [2.75, 3.05) is 6.54 Å². The molecule has 0 saturated carbocycles. The quantitative estimate of drug-likeness (QED) is 0.210. The Bertz CT molecular complexity index is 206. The molecule has 0 aromatic heterocycles. The Morgan fingerprint density at radius 2 is 2.21 bits per heavy atom. The third-order valence-corrected chi connectivity index (χ3v) is 1.75. The van der Waals surface area contributed by atoms with E-state index >= 15 is 0 Å². The number of unbranched alkanes of at least 4 members (excludes halogenated alkanes) is 1. The number of rotatable bonds is 6. The van der Waals surface area contributed by atoms with E-state index in [4.69, 9.17) is 16.0 Å². The van der Waals surface area contributed by atoms with Crippen molar-refractivity contribution in [3.63, 3.8) is 0 Å². The molecular formula is C8H17N3O3. The molecule has 0 spiro atoms. The lowest BCUT2D eigenvalue weighted by Gasteiger charge is -2.04. The second-order valence-corrected chi connectivity index (χ2v) is 3.02. The van der Waals surface area contributed by atoms with E-state index in [0.29, 0.717) is 18.8 Å². The molecule has 6 heteroatoms. The van der Waals surface area contributed by atoms with Crippen molar-refractivity contribution in [2.24, 2.45) is 10.7 Å². The molecule has 0 fully saturated rings. The predicted molar refractivity (Wildman–Crippen MR) is 52.4 cm³/mol. The van der Waals surface area contributed by atoms with Crippen molar-refractivity contribution in [3.05, 3.63) is 0 Å². The highest BCUT2D eigenvalue weighted by Gasteiger charge is 2.09. The van der Waals surface area contributed by atoms with Gasteiger partial charge in [0.2, 0.25) is 0 Å². The number of hydrogen-bond acceptors (Lipinski definition) is 4. The van der Waals surface area contributed by atoms with Crippen LogP contribution in [0, 0.1) is 0 Å². The minimum atomic E-state index is -0.971. The second-order valence-electron chi connectivity index (χ2n) is 3.02. The van der Waals surface area contributed by atoms with Gasteiger partial charge in [0.15, 0.2) is 0 Å². The molecule has 82 valence electrons. The van der Waals surface area contributed by atoms with Crippen LogP contribution in [0.3, 0.4) is 0 Å². The summed E-state index contributed by atoms with van der Waals surface area (Å²) >= 11 is 0. The first kappa shape index (κ1) is 12.9. The summed E-state index contributed by atoms with van der Waals surface area (Å²) in [6.45, 7) is 2.20. The first-order chi connectivity index (χ1) is 6.57. The summed E-state index contributed by atoms with van der Waals surface area (Å²) in [6, 6.07) is -0.781. The third-order valence-electron chi connectivity index (χ3n) is 1.75. The largest absolute Gasteiger partial charge is 0.480 e. The molecule has 0 aliphatic heterocycles. The van der Waals surface area contributed by atoms with Gasteiger partial charge in [-0.15, -0.1) is 0 Å². The van der Waals surface area contributed by atoms with Crippen molar-refractivity contribution < 1.29 is 15.1 Å². The minimum Gasteiger partial charge on any atom is -0.480 e. The van der Waals surface area contributed by atoms with Crippen molar-refractivity contribution >= 4 is 11.8 Å². The number of carboxylic acids is 1. The van der Waals surface area contributed by atoms with Gasteiger partial charge in [-0.1, -0.05) is 0 Å². The summed E-state index contributed by atoms with van der Waals surface area (Å²) in [7, 11) is 0. The third kappa shape index (κ3) is 6.38. The van der Waals surface area contributed by atoms with E-state index in [9.17, 15) is 4.79 Å². The van der Waals surface area contributed by atoms with Gasteiger partial charge in [-0.25, -0.2) is 0 Å². The van der Waals surface area contributed by atoms with Crippen LogP contribution >= 0.6 is 0 Å². The second kappa shape index (κ2) is 7.28. The number of hydrogen-bond donors (Lipinski definition) is 4. The fourth-order valence-corrected chi connectivity index (χ4v) is 0.882. The highest BCUT2D eigenvalue weighted by atomic mass is 16.5. The molecule has 14 heavy (non-hydrogen) atoms. The van der Waals surface area contributed by atoms with Gasteiger partial charge in [-0.05, 0) is 26.2 Å². The maximum Gasteiger partial charge on any atom is 0.320 e. The van der Waals surface area contributed by atoms with Crippen LogP contribution in [-0.2, 0) is 4.79 Å². The van der Waals surface area contributed by atoms with Crippen LogP contribution in [0.2, 0.25) is 0 Å². The topological polar surface area (TPSA) is 108 Å². The number of nitrogens with one attached hydrogen (secondary N) is 1. The average molecular weight is 203 g/mol. The zero-order valence-electron chi connectivity index (χ0n) is 8.23. The van der Waals surface area contributed by atoms with Crippen LogP contribution in [0.15, 0.2) is 4.99 Å². The molecular weight excluding hydrogens is 186 g/mol. The van der Waals surface area contributed by atoms with Crippen LogP contribution in [0.5, 0.6) is 0 Å². The van der Waals surface area contributed by atoms with Crippen molar-refractivity contribution in [1.82, 2.24) is 5.48 Å². The Kier molecular flexibility index (Phi) is 6.69. The van der Waals surface area contributed by atoms with Gasteiger partial charge in [-0.2, -0.15) is 0 Å². The van der Waals surface area contributed by atoms with E-state index in [0.717, 1.165) is 12.8 Å². The lowest BCUT2D eigenvalue weighted by atomic mass is 10.1. The lowest BCUT2D eigenvalue weighted by molar-refractivity contribution is -0.138. The van der Waals surface area contributed by atoms with Crippen LogP contribution in [-0.4, -0.2) is 34.7 Å². The maximum absolute atomic E-state index is 10.3. The van der Waals surface area contributed by atoms with Crippen molar-refractivity contribution in [1.29, 1.82) is 0 Å². The zero-order chi connectivity index (χ0) is 11.0. The number of aliphatic carboxylic acids is 1. The van der Waals surface area contributed by atoms with Gasteiger partial charge >= 0.3 is 5.97 Å². The maximum atomic E-state index is 10.3. The molecule has 0 saturated heterocycles. The number of amidine groups is 1. The smallest absolute Gasteiger partial charge is 0.320 e. The van der Waals surface area contributed by atoms with E-state index in [1.807, 2.05) is 5.48 Å². The van der Waals surface area contributed by atoms with Gasteiger partial charge in [-0.3, -0.25) is 20.5 Å². The van der Waals surface area contributed by atoms with Crippen LogP contribution < -0.4 is 11.2 Å². The number of carboxylic acid groups (broad SMARTS) is 1. The highest BCUT2D eigenvalue weighted by molar-refractivity contribution is 5.78. The number of nitrogens with zero attached hydrogens (tertiary/aromatic N) is 1. The molecule has 0 aliphatic carbocycles. The first-order valence-electron chi connectivity index (χ1n) is 4.47. The van der Waals surface area contributed by atoms with Crippen LogP contribution in [0.1, 0.15) is 26.2 Å². The first-order valence-corrected chi connectivity index (χ1v) is 4.47. The molecule has 0 bridgehead atoms. The molecule has 0 radical (unpaired) electrons. The summed E-state index contributed by atoms with van der Waals surface area (Å²) < 4.78 is 0. The SMILES string of the molecule is CC(=NCCCCC(N)C(=O)O)NO. The fraction of sp³-hybridized carbons (Fsp3) is 0.750. The molecule has 1 unspecified atom stereocenters. The van der Waals surface area contributed by atoms with Crippen molar-refractivity contribution in [3.8, 4) is 0 Å². The monoisotopic (exact) mass is 203 g/mol. The summed E-state index contributed by atoms with van der Waals surface area (Å²) in [4.78, 5) is 14.3. The molecule has 0 heterocycles. The average Bonchev–Trinajstić information content (AvgIpc) is 2.16. The van der Waals surface area contributed by atoms with E-state index < -0.39 is 12.0 Å². The van der Waals surface area contributed by atoms with E-state index in [1.54, 1.807) is 6.92 Å². The number of carbonyl (C=O) groups is 1. The molecule has 0 aliphatic rings. The van der Waals surface area contributed by atoms with E-state index in [1.165, 1.54) is 0 Å². The normalized spacial score (nSPS) is 13.8. The summed E-state index contributed by atoms with van der Waals surface area (Å²) in [5, 5.41) is 16.8. The summed E-state index contributed by atoms with van der Waals surface area (Å²) in [5.74, 6) is -0.519. The standard InChI is InChI=1S/C8H17N3O3/c1-6(11-14)10-5-3-2-4-7(9)8(12)13/h7,14H,2-5,9H2,1H3,(H,10,11)(H,12,13). The highest BCUT2D eigenvalue weighted by Crippen LogP contribution is 1.99. The van der Waals surface area contributed by atoms with Gasteiger partial charge in [0.05, 0.1) is 0 Å². The zero-order valence-corrected chi connectivity index (χ0v) is 8.23. The van der Waals surface area contributed by atoms with Crippen LogP contribution in [0.4, 0.5) is 0 Å². The lowest BCUT2D eigenvalue weighted by Crippen LogP contribution is -2.29. The van der Waals surface area contributed by atoms with Gasteiger partial charge in [0.1, 0.15) is 11.9 Å². The number of nitrogens with two attached hydrogens (primary N) is 1. The predicted octanol–water partition coefficient (Wildman–Crippen LogP) is -0.0342. The van der Waals surface area contributed by atoms with Crippen LogP contribution in [0.25, 0.3) is 0 Å². The van der Waals surface area contributed by atoms with Gasteiger partial charge in [0, 0.05) is 6.54 Å². The number of aliphatic imine (C=N–C) groups is 1.